The molecule has 8 heteroatoms. The molecule has 1 saturated heterocycles. The zero-order valence-corrected chi connectivity index (χ0v) is 10.5. The molecule has 0 aliphatic carbocycles. The highest BCUT2D eigenvalue weighted by molar-refractivity contribution is 9.10. The van der Waals surface area contributed by atoms with Crippen LogP contribution in [0.1, 0.15) is 12.0 Å². The standard InChI is InChI=1S/C10H8BrF3N2O2/c11-7-1-5(10(12,13)14)3-15-9(7)16-4-6(17)2-8(16)18/h1,3,6,17H,2,4H2. The topological polar surface area (TPSA) is 53.4 Å². The summed E-state index contributed by atoms with van der Waals surface area (Å²) in [4.78, 5) is 16.3. The molecule has 1 aromatic heterocycles. The molecular formula is C10H8BrF3N2O2. The first-order valence-electron chi connectivity index (χ1n) is 5.00. The van der Waals surface area contributed by atoms with E-state index in [2.05, 4.69) is 20.9 Å². The zero-order valence-electron chi connectivity index (χ0n) is 8.91. The van der Waals surface area contributed by atoms with Crippen LogP contribution in [0.4, 0.5) is 19.0 Å². The maximum Gasteiger partial charge on any atom is 0.417 e. The molecule has 1 aliphatic rings. The van der Waals surface area contributed by atoms with E-state index in [0.29, 0.717) is 6.20 Å². The Kier molecular flexibility index (Phi) is 3.33. The molecule has 2 heterocycles. The van der Waals surface area contributed by atoms with Crippen LogP contribution in [0, 0.1) is 0 Å². The first-order chi connectivity index (χ1) is 8.29. The van der Waals surface area contributed by atoms with Crippen molar-refractivity contribution in [1.82, 2.24) is 4.98 Å². The average Bonchev–Trinajstić information content (AvgIpc) is 2.56. The number of halogens is 4. The van der Waals surface area contributed by atoms with Crippen molar-refractivity contribution in [3.8, 4) is 0 Å². The first-order valence-corrected chi connectivity index (χ1v) is 5.79. The van der Waals surface area contributed by atoms with E-state index in [-0.39, 0.29) is 29.2 Å². The maximum atomic E-state index is 12.4. The molecule has 0 aromatic carbocycles. The van der Waals surface area contributed by atoms with Crippen LogP contribution < -0.4 is 4.90 Å². The van der Waals surface area contributed by atoms with E-state index in [4.69, 9.17) is 0 Å². The SMILES string of the molecule is O=C1CC(O)CN1c1ncc(C(F)(F)F)cc1Br. The number of nitrogens with zero attached hydrogens (tertiary/aromatic N) is 2. The van der Waals surface area contributed by atoms with Gasteiger partial charge in [-0.25, -0.2) is 4.98 Å². The van der Waals surface area contributed by atoms with Gasteiger partial charge < -0.3 is 5.11 Å². The van der Waals surface area contributed by atoms with Gasteiger partial charge in [0.1, 0.15) is 5.82 Å². The quantitative estimate of drug-likeness (QED) is 0.859. The van der Waals surface area contributed by atoms with E-state index in [1.807, 2.05) is 0 Å². The fraction of sp³-hybridized carbons (Fsp3) is 0.400. The Morgan fingerprint density at radius 2 is 2.17 bits per heavy atom. The number of aliphatic hydroxyl groups is 1. The van der Waals surface area contributed by atoms with Crippen LogP contribution >= 0.6 is 15.9 Å². The number of aromatic nitrogens is 1. The predicted octanol–water partition coefficient (Wildman–Crippen LogP) is 1.96. The Morgan fingerprint density at radius 1 is 1.50 bits per heavy atom. The third kappa shape index (κ3) is 2.49. The molecule has 1 N–H and O–H groups in total. The summed E-state index contributed by atoms with van der Waals surface area (Å²) >= 11 is 2.96. The Morgan fingerprint density at radius 3 is 2.61 bits per heavy atom. The minimum atomic E-state index is -4.48. The zero-order chi connectivity index (χ0) is 13.5. The monoisotopic (exact) mass is 324 g/mol. The highest BCUT2D eigenvalue weighted by Crippen LogP contribution is 2.34. The number of pyridine rings is 1. The Labute approximate surface area is 109 Å². The van der Waals surface area contributed by atoms with Gasteiger partial charge in [-0.1, -0.05) is 0 Å². The number of anilines is 1. The third-order valence-corrected chi connectivity index (χ3v) is 3.09. The fourth-order valence-electron chi connectivity index (χ4n) is 1.68. The summed E-state index contributed by atoms with van der Waals surface area (Å²) in [7, 11) is 0. The Balaban J connectivity index is 2.34. The minimum absolute atomic E-state index is 0.0375. The molecule has 0 bridgehead atoms. The van der Waals surface area contributed by atoms with Gasteiger partial charge in [0.15, 0.2) is 0 Å². The molecule has 98 valence electrons. The van der Waals surface area contributed by atoms with E-state index in [0.717, 1.165) is 11.0 Å². The van der Waals surface area contributed by atoms with Crippen LogP contribution in [0.15, 0.2) is 16.7 Å². The van der Waals surface area contributed by atoms with Crippen LogP contribution in [-0.4, -0.2) is 28.6 Å². The van der Waals surface area contributed by atoms with Crippen molar-refractivity contribution in [3.05, 3.63) is 22.3 Å². The van der Waals surface area contributed by atoms with Crippen molar-refractivity contribution in [2.24, 2.45) is 0 Å². The number of amides is 1. The molecular weight excluding hydrogens is 317 g/mol. The minimum Gasteiger partial charge on any atom is -0.391 e. The number of hydrogen-bond donors (Lipinski definition) is 1. The van der Waals surface area contributed by atoms with Gasteiger partial charge in [0, 0.05) is 6.20 Å². The van der Waals surface area contributed by atoms with Crippen molar-refractivity contribution in [2.75, 3.05) is 11.4 Å². The largest absolute Gasteiger partial charge is 0.417 e. The fourth-order valence-corrected chi connectivity index (χ4v) is 2.24. The number of rotatable bonds is 1. The number of hydrogen-bond acceptors (Lipinski definition) is 3. The highest BCUT2D eigenvalue weighted by atomic mass is 79.9. The first kappa shape index (κ1) is 13.3. The van der Waals surface area contributed by atoms with Gasteiger partial charge in [-0.3, -0.25) is 9.69 Å². The van der Waals surface area contributed by atoms with Gasteiger partial charge in [-0.05, 0) is 22.0 Å². The van der Waals surface area contributed by atoms with E-state index < -0.39 is 17.8 Å². The summed E-state index contributed by atoms with van der Waals surface area (Å²) < 4.78 is 37.4. The van der Waals surface area contributed by atoms with Crippen molar-refractivity contribution < 1.29 is 23.1 Å². The average molecular weight is 325 g/mol. The lowest BCUT2D eigenvalue weighted by atomic mass is 10.2. The Bertz CT molecular complexity index is 493. The van der Waals surface area contributed by atoms with Crippen molar-refractivity contribution >= 4 is 27.7 Å². The second kappa shape index (κ2) is 4.51. The molecule has 1 atom stereocenters. The predicted molar refractivity (Wildman–Crippen MR) is 59.9 cm³/mol. The van der Waals surface area contributed by atoms with Crippen molar-refractivity contribution in [3.63, 3.8) is 0 Å². The summed E-state index contributed by atoms with van der Waals surface area (Å²) in [6.07, 6.45) is -4.68. The van der Waals surface area contributed by atoms with Crippen LogP contribution in [0.2, 0.25) is 0 Å². The second-order valence-corrected chi connectivity index (χ2v) is 4.74. The number of β-amino-alcohol motifs (C(OH)–C–C–N with tert-alkyl or cyclic N) is 1. The summed E-state index contributed by atoms with van der Waals surface area (Å²) in [5, 5.41) is 9.32. The lowest BCUT2D eigenvalue weighted by Gasteiger charge is -2.17. The van der Waals surface area contributed by atoms with Crippen molar-refractivity contribution in [2.45, 2.75) is 18.7 Å². The summed E-state index contributed by atoms with van der Waals surface area (Å²) in [6.45, 7) is 0.0375. The van der Waals surface area contributed by atoms with Gasteiger partial charge in [0.2, 0.25) is 5.91 Å². The number of carbonyl (C=O) groups is 1. The molecule has 0 saturated carbocycles. The molecule has 0 spiro atoms. The Hall–Kier alpha value is -1.15. The molecule has 2 rings (SSSR count). The van der Waals surface area contributed by atoms with Crippen LogP contribution in [0.3, 0.4) is 0 Å². The van der Waals surface area contributed by atoms with Gasteiger partial charge in [-0.15, -0.1) is 0 Å². The molecule has 1 unspecified atom stereocenters. The highest BCUT2D eigenvalue weighted by Gasteiger charge is 2.34. The van der Waals surface area contributed by atoms with Gasteiger partial charge in [0.25, 0.3) is 0 Å². The van der Waals surface area contributed by atoms with Crippen LogP contribution in [0.25, 0.3) is 0 Å². The number of carbonyl (C=O) groups excluding carboxylic acids is 1. The summed E-state index contributed by atoms with van der Waals surface area (Å²) in [6, 6.07) is 0.861. The van der Waals surface area contributed by atoms with E-state index >= 15 is 0 Å². The third-order valence-electron chi connectivity index (χ3n) is 2.51. The number of alkyl halides is 3. The van der Waals surface area contributed by atoms with E-state index in [1.165, 1.54) is 0 Å². The summed E-state index contributed by atoms with van der Waals surface area (Å²) in [5.74, 6) is -0.278. The van der Waals surface area contributed by atoms with Gasteiger partial charge in [0.05, 0.1) is 29.1 Å². The smallest absolute Gasteiger partial charge is 0.391 e. The van der Waals surface area contributed by atoms with Crippen molar-refractivity contribution in [1.29, 1.82) is 0 Å². The van der Waals surface area contributed by atoms with Gasteiger partial charge in [-0.2, -0.15) is 13.2 Å². The van der Waals surface area contributed by atoms with Crippen LogP contribution in [-0.2, 0) is 11.0 Å². The lowest BCUT2D eigenvalue weighted by molar-refractivity contribution is -0.137. The molecule has 1 aliphatic heterocycles. The molecule has 1 aromatic rings. The lowest BCUT2D eigenvalue weighted by Crippen LogP contribution is -2.26. The molecule has 1 amide bonds. The van der Waals surface area contributed by atoms with Gasteiger partial charge >= 0.3 is 6.18 Å². The van der Waals surface area contributed by atoms with E-state index in [1.54, 1.807) is 0 Å². The van der Waals surface area contributed by atoms with Crippen LogP contribution in [0.5, 0.6) is 0 Å². The summed E-state index contributed by atoms with van der Waals surface area (Å²) in [5.41, 5.74) is -0.898. The molecule has 1 fully saturated rings. The van der Waals surface area contributed by atoms with E-state index in [9.17, 15) is 23.1 Å². The molecule has 4 nitrogen and oxygen atoms in total. The molecule has 0 radical (unpaired) electrons. The maximum absolute atomic E-state index is 12.4. The second-order valence-electron chi connectivity index (χ2n) is 3.89. The molecule has 18 heavy (non-hydrogen) atoms. The normalized spacial score (nSPS) is 20.6. The number of aliphatic hydroxyl groups excluding tert-OH is 1.